The molecule has 184 valence electrons. The molecule has 0 saturated carbocycles. The van der Waals surface area contributed by atoms with Crippen LogP contribution < -0.4 is 15.4 Å². The number of hydrogen-bond acceptors (Lipinski definition) is 4. The Morgan fingerprint density at radius 1 is 1.20 bits per heavy atom. The van der Waals surface area contributed by atoms with E-state index in [-0.39, 0.29) is 36.3 Å². The van der Waals surface area contributed by atoms with Gasteiger partial charge in [-0.1, -0.05) is 37.6 Å². The normalized spacial score (nSPS) is 15.7. The van der Waals surface area contributed by atoms with Gasteiger partial charge in [0.2, 0.25) is 11.8 Å². The Morgan fingerprint density at radius 2 is 2.00 bits per heavy atom. The first-order chi connectivity index (χ1) is 16.7. The van der Waals surface area contributed by atoms with Crippen molar-refractivity contribution in [2.24, 2.45) is 5.92 Å². The molecule has 1 atom stereocenters. The van der Waals surface area contributed by atoms with Crippen molar-refractivity contribution in [3.05, 3.63) is 60.2 Å². The molecule has 1 saturated heterocycles. The third-order valence-electron chi connectivity index (χ3n) is 5.53. The van der Waals surface area contributed by atoms with Gasteiger partial charge >= 0.3 is 6.18 Å². The molecule has 0 aliphatic carbocycles. The Labute approximate surface area is 200 Å². The van der Waals surface area contributed by atoms with Crippen molar-refractivity contribution < 1.29 is 27.5 Å². The summed E-state index contributed by atoms with van der Waals surface area (Å²) in [5.74, 6) is -0.696. The van der Waals surface area contributed by atoms with Crippen LogP contribution in [0.2, 0.25) is 0 Å². The molecular formula is C25H25F3N4O3. The van der Waals surface area contributed by atoms with Gasteiger partial charge in [-0.25, -0.2) is 4.68 Å². The summed E-state index contributed by atoms with van der Waals surface area (Å²) >= 11 is 0. The molecule has 2 amide bonds. The molecule has 2 N–H and O–H groups in total. The Morgan fingerprint density at radius 3 is 2.71 bits per heavy atom. The van der Waals surface area contributed by atoms with Crippen molar-refractivity contribution in [1.82, 2.24) is 15.1 Å². The van der Waals surface area contributed by atoms with Crippen molar-refractivity contribution in [2.75, 3.05) is 18.5 Å². The number of benzene rings is 2. The van der Waals surface area contributed by atoms with Crippen molar-refractivity contribution in [3.63, 3.8) is 0 Å². The number of anilines is 1. The molecule has 0 unspecified atom stereocenters. The topological polar surface area (TPSA) is 85.3 Å². The van der Waals surface area contributed by atoms with E-state index in [1.165, 1.54) is 12.1 Å². The van der Waals surface area contributed by atoms with Gasteiger partial charge in [0, 0.05) is 30.7 Å². The number of ether oxygens (including phenoxy) is 1. The number of halogens is 3. The summed E-state index contributed by atoms with van der Waals surface area (Å²) in [6.07, 6.45) is -2.50. The highest BCUT2D eigenvalue weighted by Crippen LogP contribution is 2.29. The van der Waals surface area contributed by atoms with Crippen LogP contribution >= 0.6 is 0 Å². The van der Waals surface area contributed by atoms with Gasteiger partial charge in [0.1, 0.15) is 5.75 Å². The van der Waals surface area contributed by atoms with Gasteiger partial charge in [0.25, 0.3) is 0 Å². The van der Waals surface area contributed by atoms with E-state index in [4.69, 9.17) is 4.74 Å². The summed E-state index contributed by atoms with van der Waals surface area (Å²) < 4.78 is 44.3. The van der Waals surface area contributed by atoms with Crippen LogP contribution in [0.1, 0.15) is 25.3 Å². The number of carbonyl (C=O) groups is 2. The first-order valence-electron chi connectivity index (χ1n) is 11.3. The van der Waals surface area contributed by atoms with E-state index in [0.717, 1.165) is 24.0 Å². The minimum Gasteiger partial charge on any atom is -0.484 e. The zero-order chi connectivity index (χ0) is 25.0. The van der Waals surface area contributed by atoms with Crippen LogP contribution in [0.3, 0.4) is 0 Å². The first-order valence-corrected chi connectivity index (χ1v) is 11.3. The van der Waals surface area contributed by atoms with Crippen LogP contribution in [-0.2, 0) is 16.0 Å². The lowest BCUT2D eigenvalue weighted by Gasteiger charge is -2.12. The summed E-state index contributed by atoms with van der Waals surface area (Å²) in [7, 11) is 0. The lowest BCUT2D eigenvalue weighted by Crippen LogP contribution is -2.24. The highest BCUT2D eigenvalue weighted by molar-refractivity contribution is 5.97. The third-order valence-corrected chi connectivity index (χ3v) is 5.53. The second kappa shape index (κ2) is 10.2. The summed E-state index contributed by atoms with van der Waals surface area (Å²) in [5.41, 5.74) is 3.08. The summed E-state index contributed by atoms with van der Waals surface area (Å²) in [6, 6.07) is 15.7. The molecule has 4 rings (SSSR count). The summed E-state index contributed by atoms with van der Waals surface area (Å²) in [4.78, 5) is 24.1. The molecular weight excluding hydrogens is 461 g/mol. The van der Waals surface area contributed by atoms with Crippen LogP contribution in [-0.4, -0.2) is 40.9 Å². The lowest BCUT2D eigenvalue weighted by molar-refractivity contribution is -0.153. The first kappa shape index (κ1) is 24.3. The standard InChI is InChI=1S/C25H25F3N4O3/c1-2-5-16-6-3-7-17(10-16)21-13-22(30-24(34)18-11-23(33)29-14-18)31-32(21)19-8-4-9-20(12-19)35-15-25(26,27)28/h3-4,6-10,12-13,18H,2,5,11,14-15H2,1H3,(H,29,33)(H,30,31,34)/t18-/m0/s1. The fraction of sp³-hybridized carbons (Fsp3) is 0.320. The summed E-state index contributed by atoms with van der Waals surface area (Å²) in [5, 5.41) is 9.91. The molecule has 1 aliphatic heterocycles. The van der Waals surface area contributed by atoms with Crippen molar-refractivity contribution in [1.29, 1.82) is 0 Å². The number of alkyl halides is 3. The van der Waals surface area contributed by atoms with Gasteiger partial charge < -0.3 is 15.4 Å². The van der Waals surface area contributed by atoms with Crippen molar-refractivity contribution >= 4 is 17.6 Å². The van der Waals surface area contributed by atoms with Crippen LogP contribution in [0, 0.1) is 5.92 Å². The Bertz CT molecular complexity index is 1220. The van der Waals surface area contributed by atoms with Crippen LogP contribution in [0.5, 0.6) is 5.75 Å². The zero-order valence-corrected chi connectivity index (χ0v) is 19.1. The van der Waals surface area contributed by atoms with E-state index in [1.807, 2.05) is 24.3 Å². The maximum atomic E-state index is 12.6. The number of amides is 2. The van der Waals surface area contributed by atoms with Gasteiger partial charge in [-0.2, -0.15) is 13.2 Å². The third kappa shape index (κ3) is 6.20. The smallest absolute Gasteiger partial charge is 0.422 e. The summed E-state index contributed by atoms with van der Waals surface area (Å²) in [6.45, 7) is 0.937. The predicted octanol–water partition coefficient (Wildman–Crippen LogP) is 4.51. The molecule has 7 nitrogen and oxygen atoms in total. The fourth-order valence-electron chi connectivity index (χ4n) is 3.91. The molecule has 1 fully saturated rings. The predicted molar refractivity (Wildman–Crippen MR) is 124 cm³/mol. The van der Waals surface area contributed by atoms with E-state index >= 15 is 0 Å². The number of carbonyl (C=O) groups excluding carboxylic acids is 2. The SMILES string of the molecule is CCCc1cccc(-c2cc(NC(=O)[C@@H]3CNC(=O)C3)nn2-c2cccc(OCC(F)(F)F)c2)c1. The van der Waals surface area contributed by atoms with Gasteiger partial charge in [0.05, 0.1) is 17.3 Å². The highest BCUT2D eigenvalue weighted by atomic mass is 19.4. The van der Waals surface area contributed by atoms with Gasteiger partial charge in [0.15, 0.2) is 12.4 Å². The molecule has 0 radical (unpaired) electrons. The number of nitrogens with one attached hydrogen (secondary N) is 2. The molecule has 2 heterocycles. The maximum absolute atomic E-state index is 12.6. The fourth-order valence-corrected chi connectivity index (χ4v) is 3.91. The highest BCUT2D eigenvalue weighted by Gasteiger charge is 2.29. The molecule has 10 heteroatoms. The van der Waals surface area contributed by atoms with E-state index in [0.29, 0.717) is 11.4 Å². The van der Waals surface area contributed by atoms with Gasteiger partial charge in [-0.3, -0.25) is 9.59 Å². The molecule has 1 aliphatic rings. The largest absolute Gasteiger partial charge is 0.484 e. The second-order valence-corrected chi connectivity index (χ2v) is 8.37. The molecule has 35 heavy (non-hydrogen) atoms. The van der Waals surface area contributed by atoms with E-state index in [9.17, 15) is 22.8 Å². The van der Waals surface area contributed by atoms with Crippen LogP contribution in [0.15, 0.2) is 54.6 Å². The van der Waals surface area contributed by atoms with E-state index in [2.05, 4.69) is 22.7 Å². The molecule has 0 spiro atoms. The van der Waals surface area contributed by atoms with Crippen LogP contribution in [0.25, 0.3) is 16.9 Å². The number of aromatic nitrogens is 2. The average molecular weight is 486 g/mol. The lowest BCUT2D eigenvalue weighted by atomic mass is 10.0. The maximum Gasteiger partial charge on any atom is 0.422 e. The number of aryl methyl sites for hydroxylation is 1. The quantitative estimate of drug-likeness (QED) is 0.491. The van der Waals surface area contributed by atoms with E-state index < -0.39 is 18.7 Å². The number of hydrogen-bond donors (Lipinski definition) is 2. The molecule has 3 aromatic rings. The minimum absolute atomic E-state index is 0.0436. The average Bonchev–Trinajstić information content (AvgIpc) is 3.44. The Kier molecular flexibility index (Phi) is 7.09. The molecule has 2 aromatic carbocycles. The molecule has 1 aromatic heterocycles. The Hall–Kier alpha value is -3.82. The minimum atomic E-state index is -4.46. The van der Waals surface area contributed by atoms with Crippen molar-refractivity contribution in [3.8, 4) is 22.7 Å². The molecule has 0 bridgehead atoms. The van der Waals surface area contributed by atoms with Crippen molar-refractivity contribution in [2.45, 2.75) is 32.4 Å². The van der Waals surface area contributed by atoms with E-state index in [1.54, 1.807) is 22.9 Å². The van der Waals surface area contributed by atoms with Gasteiger partial charge in [-0.15, -0.1) is 5.10 Å². The monoisotopic (exact) mass is 486 g/mol. The van der Waals surface area contributed by atoms with Crippen LogP contribution in [0.4, 0.5) is 19.0 Å². The Balaban J connectivity index is 1.69. The number of rotatable bonds is 8. The van der Waals surface area contributed by atoms with Gasteiger partial charge in [-0.05, 0) is 30.2 Å². The second-order valence-electron chi connectivity index (χ2n) is 8.37. The number of nitrogens with zero attached hydrogens (tertiary/aromatic N) is 2. The zero-order valence-electron chi connectivity index (χ0n) is 19.1.